The minimum Gasteiger partial charge on any atom is -0.0931 e. The van der Waals surface area contributed by atoms with E-state index in [1.54, 1.807) is 0 Å². The van der Waals surface area contributed by atoms with E-state index in [-0.39, 0.29) is 0 Å². The highest BCUT2D eigenvalue weighted by Crippen LogP contribution is 2.17. The fourth-order valence-corrected chi connectivity index (χ4v) is 1.65. The van der Waals surface area contributed by atoms with Gasteiger partial charge in [0.2, 0.25) is 0 Å². The molecule has 0 nitrogen and oxygen atoms in total. The van der Waals surface area contributed by atoms with Crippen LogP contribution in [0.4, 0.5) is 0 Å². The second kappa shape index (κ2) is 11.9. The fraction of sp³-hybridized carbons (Fsp3) is 0.100. The fourth-order valence-electron chi connectivity index (χ4n) is 1.65. The third kappa shape index (κ3) is 8.11. The Bertz CT molecular complexity index is 483. The van der Waals surface area contributed by atoms with E-state index in [9.17, 15) is 0 Å². The Morgan fingerprint density at radius 2 is 0.714 bits per heavy atom. The van der Waals surface area contributed by atoms with Gasteiger partial charge in [-0.3, -0.25) is 0 Å². The van der Waals surface area contributed by atoms with E-state index >= 15 is 0 Å². The number of hydrogen-bond acceptors (Lipinski definition) is 0. The molecule has 108 valence electrons. The van der Waals surface area contributed by atoms with E-state index in [1.807, 2.05) is 55.5 Å². The minimum atomic E-state index is 1.06. The highest BCUT2D eigenvalue weighted by atomic mass is 79.9. The van der Waals surface area contributed by atoms with E-state index in [0.717, 1.165) is 5.33 Å². The molecule has 0 aliphatic carbocycles. The van der Waals surface area contributed by atoms with Gasteiger partial charge in [-0.2, -0.15) is 0 Å². The molecule has 0 aliphatic rings. The van der Waals surface area contributed by atoms with Gasteiger partial charge in [-0.1, -0.05) is 120 Å². The van der Waals surface area contributed by atoms with E-state index in [4.69, 9.17) is 0 Å². The van der Waals surface area contributed by atoms with Crippen LogP contribution in [0.15, 0.2) is 97.1 Å². The van der Waals surface area contributed by atoms with Crippen LogP contribution in [0.3, 0.4) is 0 Å². The van der Waals surface area contributed by atoms with Crippen LogP contribution in [-0.4, -0.2) is 5.33 Å². The second-order valence-corrected chi connectivity index (χ2v) is 5.28. The van der Waals surface area contributed by atoms with Crippen molar-refractivity contribution >= 4 is 15.9 Å². The van der Waals surface area contributed by atoms with Crippen LogP contribution in [0.1, 0.15) is 6.92 Å². The maximum atomic E-state index is 3.15. The zero-order chi connectivity index (χ0) is 15.2. The van der Waals surface area contributed by atoms with Crippen LogP contribution in [0, 0.1) is 0 Å². The summed E-state index contributed by atoms with van der Waals surface area (Å²) in [5, 5.41) is 1.06. The highest BCUT2D eigenvalue weighted by Gasteiger charge is 1.91. The Hall–Kier alpha value is -1.86. The van der Waals surface area contributed by atoms with Gasteiger partial charge in [-0.25, -0.2) is 0 Å². The molecule has 3 rings (SSSR count). The highest BCUT2D eigenvalue weighted by molar-refractivity contribution is 9.09. The van der Waals surface area contributed by atoms with Gasteiger partial charge in [-0.15, -0.1) is 0 Å². The van der Waals surface area contributed by atoms with Crippen molar-refractivity contribution in [2.75, 3.05) is 5.33 Å². The summed E-state index contributed by atoms with van der Waals surface area (Å²) in [5.41, 5.74) is 2.55. The standard InChI is InChI=1S/C12H10.C6H6.C2H5Br/c1-3-7-11(8-4-1)12-9-5-2-6-10-12;1-2-4-6-5-3-1;1-2-3/h1-10H;1-6H;2H2,1H3. The van der Waals surface area contributed by atoms with Gasteiger partial charge < -0.3 is 0 Å². The Kier molecular flexibility index (Phi) is 9.76. The third-order valence-corrected chi connectivity index (χ3v) is 2.55. The number of alkyl halides is 1. The molecule has 0 saturated heterocycles. The van der Waals surface area contributed by atoms with Crippen LogP contribution in [0.5, 0.6) is 0 Å². The zero-order valence-corrected chi connectivity index (χ0v) is 13.9. The molecule has 0 aromatic heterocycles. The number of halogens is 1. The van der Waals surface area contributed by atoms with Crippen molar-refractivity contribution in [3.8, 4) is 11.1 Å². The van der Waals surface area contributed by atoms with E-state index in [2.05, 4.69) is 64.5 Å². The van der Waals surface area contributed by atoms with Crippen LogP contribution in [0.25, 0.3) is 11.1 Å². The lowest BCUT2D eigenvalue weighted by molar-refractivity contribution is 1.56. The molecule has 0 radical (unpaired) electrons. The zero-order valence-electron chi connectivity index (χ0n) is 12.3. The van der Waals surface area contributed by atoms with Gasteiger partial charge >= 0.3 is 0 Å². The first-order valence-corrected chi connectivity index (χ1v) is 8.17. The maximum absolute atomic E-state index is 3.15. The molecule has 0 N–H and O–H groups in total. The van der Waals surface area contributed by atoms with Crippen molar-refractivity contribution in [3.05, 3.63) is 97.1 Å². The third-order valence-electron chi connectivity index (χ3n) is 2.55. The average molecular weight is 341 g/mol. The molecular formula is C20H21Br. The van der Waals surface area contributed by atoms with Gasteiger partial charge in [0.15, 0.2) is 0 Å². The van der Waals surface area contributed by atoms with Crippen LogP contribution >= 0.6 is 15.9 Å². The smallest absolute Gasteiger partial charge is 0.000281 e. The molecule has 0 spiro atoms. The topological polar surface area (TPSA) is 0 Å². The molecule has 1 heteroatoms. The van der Waals surface area contributed by atoms with Crippen molar-refractivity contribution in [2.45, 2.75) is 6.92 Å². The molecule has 0 saturated carbocycles. The first-order chi connectivity index (χ1) is 10.4. The molecule has 3 aromatic rings. The summed E-state index contributed by atoms with van der Waals surface area (Å²) < 4.78 is 0. The summed E-state index contributed by atoms with van der Waals surface area (Å²) in [4.78, 5) is 0. The summed E-state index contributed by atoms with van der Waals surface area (Å²) >= 11 is 3.15. The molecule has 0 unspecified atom stereocenters. The van der Waals surface area contributed by atoms with Crippen molar-refractivity contribution < 1.29 is 0 Å². The Morgan fingerprint density at radius 3 is 0.952 bits per heavy atom. The molecule has 3 aromatic carbocycles. The van der Waals surface area contributed by atoms with Crippen LogP contribution in [-0.2, 0) is 0 Å². The first-order valence-electron chi connectivity index (χ1n) is 7.05. The minimum absolute atomic E-state index is 1.06. The van der Waals surface area contributed by atoms with Gasteiger partial charge in [0, 0.05) is 5.33 Å². The van der Waals surface area contributed by atoms with Gasteiger partial charge in [0.1, 0.15) is 0 Å². The summed E-state index contributed by atoms with van der Waals surface area (Å²) in [6.45, 7) is 2.04. The monoisotopic (exact) mass is 340 g/mol. The molecule has 0 aliphatic heterocycles. The van der Waals surface area contributed by atoms with E-state index in [0.29, 0.717) is 0 Å². The Balaban J connectivity index is 0.000000205. The Morgan fingerprint density at radius 1 is 0.524 bits per heavy atom. The molecule has 21 heavy (non-hydrogen) atoms. The number of rotatable bonds is 1. The van der Waals surface area contributed by atoms with Crippen molar-refractivity contribution in [2.24, 2.45) is 0 Å². The lowest BCUT2D eigenvalue weighted by Crippen LogP contribution is -1.73. The normalized spacial score (nSPS) is 8.67. The summed E-state index contributed by atoms with van der Waals surface area (Å²) in [5.74, 6) is 0. The summed E-state index contributed by atoms with van der Waals surface area (Å²) in [6.07, 6.45) is 0. The number of benzene rings is 3. The molecule has 0 fully saturated rings. The average Bonchev–Trinajstić information content (AvgIpc) is 2.59. The molecule has 0 atom stereocenters. The summed E-state index contributed by atoms with van der Waals surface area (Å²) in [7, 11) is 0. The van der Waals surface area contributed by atoms with E-state index in [1.165, 1.54) is 11.1 Å². The lowest BCUT2D eigenvalue weighted by Gasteiger charge is -1.98. The lowest BCUT2D eigenvalue weighted by atomic mass is 10.1. The molecule has 0 bridgehead atoms. The van der Waals surface area contributed by atoms with Crippen molar-refractivity contribution in [1.29, 1.82) is 0 Å². The van der Waals surface area contributed by atoms with Crippen molar-refractivity contribution in [1.82, 2.24) is 0 Å². The maximum Gasteiger partial charge on any atom is 0.000281 e. The Labute approximate surface area is 136 Å². The van der Waals surface area contributed by atoms with Crippen LogP contribution < -0.4 is 0 Å². The quantitative estimate of drug-likeness (QED) is 0.447. The van der Waals surface area contributed by atoms with Crippen LogP contribution in [0.2, 0.25) is 0 Å². The predicted molar refractivity (Wildman–Crippen MR) is 97.8 cm³/mol. The van der Waals surface area contributed by atoms with E-state index < -0.39 is 0 Å². The van der Waals surface area contributed by atoms with Gasteiger partial charge in [0.25, 0.3) is 0 Å². The summed E-state index contributed by atoms with van der Waals surface area (Å²) in [6, 6.07) is 32.8. The van der Waals surface area contributed by atoms with Gasteiger partial charge in [-0.05, 0) is 11.1 Å². The largest absolute Gasteiger partial charge is 0.0931 e. The van der Waals surface area contributed by atoms with Gasteiger partial charge in [0.05, 0.1) is 0 Å². The predicted octanol–water partition coefficient (Wildman–Crippen LogP) is 6.44. The SMILES string of the molecule is CCBr.c1ccc(-c2ccccc2)cc1.c1ccccc1. The molecule has 0 heterocycles. The van der Waals surface area contributed by atoms with Crippen molar-refractivity contribution in [3.63, 3.8) is 0 Å². The molecule has 0 amide bonds. The number of hydrogen-bond donors (Lipinski definition) is 0. The second-order valence-electron chi connectivity index (χ2n) is 4.15. The molecular weight excluding hydrogens is 320 g/mol. The first kappa shape index (κ1) is 17.2.